The maximum absolute atomic E-state index is 15.8. The van der Waals surface area contributed by atoms with Gasteiger partial charge in [0.1, 0.15) is 5.82 Å². The van der Waals surface area contributed by atoms with Crippen LogP contribution in [0.1, 0.15) is 38.7 Å². The second-order valence-electron chi connectivity index (χ2n) is 5.30. The van der Waals surface area contributed by atoms with Crippen molar-refractivity contribution in [3.63, 3.8) is 0 Å². The number of hydrogen-bond donors (Lipinski definition) is 0. The van der Waals surface area contributed by atoms with E-state index in [0.717, 1.165) is 4.31 Å². The molecule has 0 radical (unpaired) electrons. The highest BCUT2D eigenvalue weighted by Gasteiger charge is 2.52. The van der Waals surface area contributed by atoms with Crippen molar-refractivity contribution >= 4 is 32.9 Å². The lowest BCUT2D eigenvalue weighted by Gasteiger charge is -2.36. The number of rotatable bonds is 8. The smallest absolute Gasteiger partial charge is 0.361 e. The van der Waals surface area contributed by atoms with Gasteiger partial charge in [0.25, 0.3) is 5.79 Å². The second kappa shape index (κ2) is 9.01. The maximum Gasteiger partial charge on any atom is 0.361 e. The van der Waals surface area contributed by atoms with Crippen molar-refractivity contribution in [1.29, 1.82) is 0 Å². The number of carbonyl (C=O) groups is 1. The fourth-order valence-electron chi connectivity index (χ4n) is 2.32. The highest BCUT2D eigenvalue weighted by Crippen LogP contribution is 2.38. The van der Waals surface area contributed by atoms with Gasteiger partial charge >= 0.3 is 5.97 Å². The fraction of sp³-hybridized carbons (Fsp3) is 0.562. The Labute approximate surface area is 152 Å². The average molecular weight is 426 g/mol. The molecule has 0 aliphatic carbocycles. The predicted molar refractivity (Wildman–Crippen MR) is 94.1 cm³/mol. The van der Waals surface area contributed by atoms with Gasteiger partial charge in [-0.25, -0.2) is 17.8 Å². The summed E-state index contributed by atoms with van der Waals surface area (Å²) in [6, 6.07) is 4.07. The van der Waals surface area contributed by atoms with E-state index < -0.39 is 34.5 Å². The van der Waals surface area contributed by atoms with Crippen LogP contribution in [0.15, 0.2) is 22.7 Å². The number of ether oxygens (including phenoxy) is 1. The number of carbonyl (C=O) groups excluding carboxylic acids is 1. The third kappa shape index (κ3) is 4.40. The van der Waals surface area contributed by atoms with Crippen LogP contribution in [0.5, 0.6) is 0 Å². The van der Waals surface area contributed by atoms with Crippen molar-refractivity contribution in [2.75, 3.05) is 19.4 Å². The van der Waals surface area contributed by atoms with Gasteiger partial charge in [-0.3, -0.25) is 0 Å². The van der Waals surface area contributed by atoms with Crippen molar-refractivity contribution in [2.24, 2.45) is 0 Å². The molecule has 0 unspecified atom stereocenters. The Morgan fingerprint density at radius 3 is 2.62 bits per heavy atom. The minimum atomic E-state index is -2.75. The molecule has 1 aromatic rings. The van der Waals surface area contributed by atoms with Crippen LogP contribution < -0.4 is 0 Å². The third-order valence-corrected chi connectivity index (χ3v) is 5.83. The van der Waals surface area contributed by atoms with Gasteiger partial charge in [-0.05, 0) is 37.1 Å². The summed E-state index contributed by atoms with van der Waals surface area (Å²) in [6.07, 6.45) is 0.551. The number of esters is 1. The molecule has 1 rings (SSSR count). The van der Waals surface area contributed by atoms with Gasteiger partial charge in [0.2, 0.25) is 0 Å². The lowest BCUT2D eigenvalue weighted by Crippen LogP contribution is -2.54. The van der Waals surface area contributed by atoms with Crippen LogP contribution in [0.4, 0.5) is 8.78 Å². The molecule has 0 saturated heterocycles. The molecular formula is C16H22BrF2NO3S. The summed E-state index contributed by atoms with van der Waals surface area (Å²) >= 11 is 3.21. The highest BCUT2D eigenvalue weighted by molar-refractivity contribution is 9.10. The van der Waals surface area contributed by atoms with Gasteiger partial charge in [-0.15, -0.1) is 0 Å². The van der Waals surface area contributed by atoms with Crippen LogP contribution in [0.3, 0.4) is 0 Å². The van der Waals surface area contributed by atoms with Crippen LogP contribution in [0.25, 0.3) is 0 Å². The summed E-state index contributed by atoms with van der Waals surface area (Å²) < 4.78 is 48.5. The molecule has 0 heterocycles. The minimum absolute atomic E-state index is 0.000256. The zero-order chi connectivity index (χ0) is 18.5. The number of hydrogen-bond acceptors (Lipinski definition) is 3. The molecule has 0 aliphatic heterocycles. The summed E-state index contributed by atoms with van der Waals surface area (Å²) in [6.45, 7) is 4.69. The average Bonchev–Trinajstić information content (AvgIpc) is 2.55. The normalized spacial score (nSPS) is 16.5. The Hall–Kier alpha value is -0.860. The van der Waals surface area contributed by atoms with Gasteiger partial charge in [-0.1, -0.05) is 29.8 Å². The van der Waals surface area contributed by atoms with Crippen LogP contribution in [0.2, 0.25) is 0 Å². The van der Waals surface area contributed by atoms with Gasteiger partial charge in [0.15, 0.2) is 0 Å². The lowest BCUT2D eigenvalue weighted by molar-refractivity contribution is -0.167. The number of alkyl halides is 1. The quantitative estimate of drug-likeness (QED) is 0.468. The van der Waals surface area contributed by atoms with E-state index in [1.54, 1.807) is 13.8 Å². The van der Waals surface area contributed by atoms with E-state index in [0.29, 0.717) is 10.9 Å². The molecule has 24 heavy (non-hydrogen) atoms. The molecular weight excluding hydrogens is 404 g/mol. The first-order chi connectivity index (χ1) is 11.2. The van der Waals surface area contributed by atoms with E-state index in [2.05, 4.69) is 15.9 Å². The standard InChI is InChI=1S/C16H22BrF2NO3S/c1-5-9-24(22)20(4)16(19,15(21)23-6-2)11(3)13-10-12(17)7-8-14(13)18/h7-8,10-11H,5-6,9H2,1-4H3/t11-,16+,24-/m1/s1. The number of nitrogens with zero attached hydrogens (tertiary/aromatic N) is 1. The van der Waals surface area contributed by atoms with Gasteiger partial charge in [0.05, 0.1) is 17.6 Å². The van der Waals surface area contributed by atoms with E-state index in [1.807, 2.05) is 0 Å². The first-order valence-corrected chi connectivity index (χ1v) is 9.70. The molecule has 0 saturated carbocycles. The topological polar surface area (TPSA) is 46.6 Å². The van der Waals surface area contributed by atoms with E-state index in [9.17, 15) is 13.4 Å². The van der Waals surface area contributed by atoms with Crippen molar-refractivity contribution in [1.82, 2.24) is 4.31 Å². The van der Waals surface area contributed by atoms with Crippen molar-refractivity contribution in [3.05, 3.63) is 34.1 Å². The Balaban J connectivity index is 3.38. The van der Waals surface area contributed by atoms with Crippen LogP contribution in [0, 0.1) is 5.82 Å². The summed E-state index contributed by atoms with van der Waals surface area (Å²) in [5.41, 5.74) is 0.000256. The maximum atomic E-state index is 15.8. The molecule has 0 aromatic heterocycles. The molecule has 0 N–H and O–H groups in total. The van der Waals surface area contributed by atoms with E-state index in [4.69, 9.17) is 4.74 Å². The lowest BCUT2D eigenvalue weighted by atomic mass is 9.90. The highest BCUT2D eigenvalue weighted by atomic mass is 79.9. The summed E-state index contributed by atoms with van der Waals surface area (Å²) in [7, 11) is -0.496. The second-order valence-corrected chi connectivity index (χ2v) is 7.82. The number of benzene rings is 1. The summed E-state index contributed by atoms with van der Waals surface area (Å²) in [5, 5.41) is 0. The van der Waals surface area contributed by atoms with Crippen LogP contribution >= 0.6 is 15.9 Å². The first kappa shape index (κ1) is 21.2. The molecule has 4 nitrogen and oxygen atoms in total. The van der Waals surface area contributed by atoms with Crippen molar-refractivity contribution < 1.29 is 22.5 Å². The van der Waals surface area contributed by atoms with Crippen LogP contribution in [-0.4, -0.2) is 39.7 Å². The molecule has 0 fully saturated rings. The van der Waals surface area contributed by atoms with Crippen molar-refractivity contribution in [2.45, 2.75) is 38.9 Å². The minimum Gasteiger partial charge on any atom is -0.463 e. The molecule has 0 amide bonds. The number of halogens is 3. The Kier molecular flexibility index (Phi) is 7.95. The third-order valence-electron chi connectivity index (χ3n) is 3.70. The summed E-state index contributed by atoms with van der Waals surface area (Å²) in [4.78, 5) is 12.3. The summed E-state index contributed by atoms with van der Waals surface area (Å²) in [5.74, 6) is -5.61. The monoisotopic (exact) mass is 425 g/mol. The van der Waals surface area contributed by atoms with Gasteiger partial charge in [-0.2, -0.15) is 4.31 Å². The first-order valence-electron chi connectivity index (χ1n) is 7.63. The van der Waals surface area contributed by atoms with Gasteiger partial charge in [0, 0.05) is 23.2 Å². The molecule has 1 aromatic carbocycles. The molecule has 8 heteroatoms. The fourth-order valence-corrected chi connectivity index (χ4v) is 3.85. The van der Waals surface area contributed by atoms with Gasteiger partial charge < -0.3 is 4.74 Å². The molecule has 0 aliphatic rings. The largest absolute Gasteiger partial charge is 0.463 e. The Morgan fingerprint density at radius 2 is 2.08 bits per heavy atom. The molecule has 0 bridgehead atoms. The predicted octanol–water partition coefficient (Wildman–Crippen LogP) is 3.93. The zero-order valence-corrected chi connectivity index (χ0v) is 16.5. The Bertz CT molecular complexity index is 617. The molecule has 0 spiro atoms. The van der Waals surface area contributed by atoms with E-state index >= 15 is 4.39 Å². The molecule has 136 valence electrons. The van der Waals surface area contributed by atoms with Crippen molar-refractivity contribution in [3.8, 4) is 0 Å². The number of likely N-dealkylation sites (N-methyl/N-ethyl adjacent to an activating group) is 1. The van der Waals surface area contributed by atoms with E-state index in [1.165, 1.54) is 32.2 Å². The molecule has 3 atom stereocenters. The van der Waals surface area contributed by atoms with Crippen LogP contribution in [-0.2, 0) is 20.5 Å². The zero-order valence-electron chi connectivity index (χ0n) is 14.1. The Morgan fingerprint density at radius 1 is 1.46 bits per heavy atom. The van der Waals surface area contributed by atoms with E-state index in [-0.39, 0.29) is 17.9 Å². The SMILES string of the molecule is CCC[S@@](=O)N(C)[C@](F)(C(=O)OCC)[C@H](C)c1cc(Br)ccc1F.